The second kappa shape index (κ2) is 11.0. The zero-order chi connectivity index (χ0) is 22.9. The predicted octanol–water partition coefficient (Wildman–Crippen LogP) is 2.55. The van der Waals surface area contributed by atoms with Crippen LogP contribution in [-0.4, -0.2) is 45.4 Å². The van der Waals surface area contributed by atoms with Gasteiger partial charge in [0.25, 0.3) is 5.91 Å². The quantitative estimate of drug-likeness (QED) is 0.221. The summed E-state index contributed by atoms with van der Waals surface area (Å²) in [5.74, 6) is -0.0843. The SMILES string of the molecule is CCOc1ccccc1OCC(=O)Oc1ccc2cc(C(=O)NCCOC)c(=O)oc2c1. The molecule has 0 saturated carbocycles. The molecule has 0 unspecified atom stereocenters. The molecule has 3 aromatic rings. The number of benzene rings is 2. The number of carbonyl (C=O) groups excluding carboxylic acids is 2. The molecule has 0 bridgehead atoms. The molecule has 0 radical (unpaired) electrons. The molecule has 0 fully saturated rings. The number of nitrogens with one attached hydrogen (secondary N) is 1. The van der Waals surface area contributed by atoms with Crippen LogP contribution in [0.4, 0.5) is 0 Å². The lowest BCUT2D eigenvalue weighted by Crippen LogP contribution is -2.30. The van der Waals surface area contributed by atoms with E-state index in [1.54, 1.807) is 30.3 Å². The van der Waals surface area contributed by atoms with Crippen molar-refractivity contribution in [3.8, 4) is 17.2 Å². The maximum absolute atomic E-state index is 12.2. The lowest BCUT2D eigenvalue weighted by Gasteiger charge is -2.11. The summed E-state index contributed by atoms with van der Waals surface area (Å²) in [5.41, 5.74) is -0.747. The molecule has 168 valence electrons. The Morgan fingerprint density at radius 1 is 1.03 bits per heavy atom. The van der Waals surface area contributed by atoms with Gasteiger partial charge in [0.15, 0.2) is 18.1 Å². The van der Waals surface area contributed by atoms with Crippen LogP contribution in [0.3, 0.4) is 0 Å². The van der Waals surface area contributed by atoms with Crippen LogP contribution in [0, 0.1) is 0 Å². The summed E-state index contributed by atoms with van der Waals surface area (Å²) >= 11 is 0. The minimum atomic E-state index is -0.799. The fourth-order valence-electron chi connectivity index (χ4n) is 2.82. The van der Waals surface area contributed by atoms with Gasteiger partial charge in [-0.25, -0.2) is 9.59 Å². The number of methoxy groups -OCH3 is 1. The molecule has 0 atom stereocenters. The molecule has 2 aromatic carbocycles. The third kappa shape index (κ3) is 5.86. The van der Waals surface area contributed by atoms with E-state index in [4.69, 9.17) is 23.4 Å². The second-order valence-electron chi connectivity index (χ2n) is 6.54. The Labute approximate surface area is 183 Å². The summed E-state index contributed by atoms with van der Waals surface area (Å²) in [7, 11) is 1.51. The zero-order valence-corrected chi connectivity index (χ0v) is 17.7. The average molecular weight is 441 g/mol. The van der Waals surface area contributed by atoms with Gasteiger partial charge in [-0.05, 0) is 37.3 Å². The van der Waals surface area contributed by atoms with E-state index in [1.165, 1.54) is 25.3 Å². The summed E-state index contributed by atoms with van der Waals surface area (Å²) in [5, 5.41) is 3.07. The number of fused-ring (bicyclic) bond motifs is 1. The van der Waals surface area contributed by atoms with Crippen LogP contribution < -0.4 is 25.2 Å². The Morgan fingerprint density at radius 3 is 2.50 bits per heavy atom. The first kappa shape index (κ1) is 22.8. The molecule has 0 saturated heterocycles. The molecule has 1 heterocycles. The van der Waals surface area contributed by atoms with E-state index in [1.807, 2.05) is 6.92 Å². The van der Waals surface area contributed by atoms with Gasteiger partial charge < -0.3 is 28.7 Å². The van der Waals surface area contributed by atoms with Gasteiger partial charge in [-0.3, -0.25) is 4.79 Å². The Balaban J connectivity index is 1.67. The van der Waals surface area contributed by atoms with Crippen LogP contribution in [0.15, 0.2) is 57.7 Å². The number of hydrogen-bond acceptors (Lipinski definition) is 8. The Kier molecular flexibility index (Phi) is 7.82. The van der Waals surface area contributed by atoms with Crippen LogP contribution in [0.5, 0.6) is 17.2 Å². The van der Waals surface area contributed by atoms with Gasteiger partial charge >= 0.3 is 11.6 Å². The summed E-state index contributed by atoms with van der Waals surface area (Å²) in [6.45, 7) is 2.55. The molecule has 9 heteroatoms. The lowest BCUT2D eigenvalue weighted by atomic mass is 10.1. The van der Waals surface area contributed by atoms with E-state index in [0.717, 1.165) is 0 Å². The zero-order valence-electron chi connectivity index (χ0n) is 17.7. The van der Waals surface area contributed by atoms with E-state index >= 15 is 0 Å². The minimum Gasteiger partial charge on any atom is -0.490 e. The maximum Gasteiger partial charge on any atom is 0.349 e. The van der Waals surface area contributed by atoms with Crippen molar-refractivity contribution in [1.82, 2.24) is 5.32 Å². The molecule has 1 amide bonds. The van der Waals surface area contributed by atoms with Crippen molar-refractivity contribution >= 4 is 22.8 Å². The first-order chi connectivity index (χ1) is 15.5. The van der Waals surface area contributed by atoms with Crippen molar-refractivity contribution in [3.05, 3.63) is 64.5 Å². The predicted molar refractivity (Wildman–Crippen MR) is 115 cm³/mol. The topological polar surface area (TPSA) is 113 Å². The number of ether oxygens (including phenoxy) is 4. The van der Waals surface area contributed by atoms with Crippen molar-refractivity contribution in [2.75, 3.05) is 33.5 Å². The normalized spacial score (nSPS) is 10.6. The molecule has 32 heavy (non-hydrogen) atoms. The van der Waals surface area contributed by atoms with Gasteiger partial charge in [0.05, 0.1) is 13.2 Å². The van der Waals surface area contributed by atoms with E-state index in [2.05, 4.69) is 5.32 Å². The number of hydrogen-bond donors (Lipinski definition) is 1. The summed E-state index contributed by atoms with van der Waals surface area (Å²) in [4.78, 5) is 36.5. The van der Waals surface area contributed by atoms with Gasteiger partial charge in [-0.15, -0.1) is 0 Å². The number of carbonyl (C=O) groups is 2. The Bertz CT molecular complexity index is 1150. The van der Waals surface area contributed by atoms with Crippen LogP contribution in [0.25, 0.3) is 11.0 Å². The standard InChI is InChI=1S/C23H23NO8/c1-3-29-18-6-4-5-7-19(18)30-14-21(25)31-16-9-8-15-12-17(22(26)24-10-11-28-2)23(27)32-20(15)13-16/h4-9,12-13H,3,10-11,14H2,1-2H3,(H,24,26). The van der Waals surface area contributed by atoms with Crippen molar-refractivity contribution in [2.24, 2.45) is 0 Å². The van der Waals surface area contributed by atoms with Crippen molar-refractivity contribution in [3.63, 3.8) is 0 Å². The largest absolute Gasteiger partial charge is 0.490 e. The van der Waals surface area contributed by atoms with E-state index in [0.29, 0.717) is 30.1 Å². The summed E-state index contributed by atoms with van der Waals surface area (Å²) < 4.78 is 26.3. The Hall–Kier alpha value is -3.85. The van der Waals surface area contributed by atoms with Crippen molar-refractivity contribution < 1.29 is 33.0 Å². The molecule has 9 nitrogen and oxygen atoms in total. The highest BCUT2D eigenvalue weighted by molar-refractivity contribution is 5.96. The van der Waals surface area contributed by atoms with Gasteiger partial charge in [0, 0.05) is 25.1 Å². The van der Waals surface area contributed by atoms with Crippen molar-refractivity contribution in [2.45, 2.75) is 6.92 Å². The van der Waals surface area contributed by atoms with Gasteiger partial charge in [0.1, 0.15) is 16.9 Å². The second-order valence-corrected chi connectivity index (χ2v) is 6.54. The highest BCUT2D eigenvalue weighted by Crippen LogP contribution is 2.26. The van der Waals surface area contributed by atoms with Gasteiger partial charge in [0.2, 0.25) is 0 Å². The highest BCUT2D eigenvalue weighted by Gasteiger charge is 2.15. The molecule has 3 rings (SSSR count). The molecular weight excluding hydrogens is 418 g/mol. The fraction of sp³-hybridized carbons (Fsp3) is 0.261. The third-order valence-corrected chi connectivity index (χ3v) is 4.27. The minimum absolute atomic E-state index is 0.125. The summed E-state index contributed by atoms with van der Waals surface area (Å²) in [6.07, 6.45) is 0. The van der Waals surface area contributed by atoms with Crippen molar-refractivity contribution in [1.29, 1.82) is 0 Å². The van der Waals surface area contributed by atoms with E-state index in [-0.39, 0.29) is 30.0 Å². The highest BCUT2D eigenvalue weighted by atomic mass is 16.6. The molecular formula is C23H23NO8. The van der Waals surface area contributed by atoms with E-state index < -0.39 is 17.5 Å². The van der Waals surface area contributed by atoms with Gasteiger partial charge in [-0.1, -0.05) is 12.1 Å². The lowest BCUT2D eigenvalue weighted by molar-refractivity contribution is -0.136. The molecule has 0 aliphatic rings. The first-order valence-electron chi connectivity index (χ1n) is 9.92. The van der Waals surface area contributed by atoms with Crippen LogP contribution in [0.2, 0.25) is 0 Å². The molecule has 0 aliphatic carbocycles. The molecule has 0 spiro atoms. The number of esters is 1. The molecule has 1 aromatic heterocycles. The van der Waals surface area contributed by atoms with E-state index in [9.17, 15) is 14.4 Å². The van der Waals surface area contributed by atoms with Gasteiger partial charge in [-0.2, -0.15) is 0 Å². The number of para-hydroxylation sites is 2. The smallest absolute Gasteiger partial charge is 0.349 e. The number of rotatable bonds is 10. The average Bonchev–Trinajstić information content (AvgIpc) is 2.78. The first-order valence-corrected chi connectivity index (χ1v) is 9.92. The van der Waals surface area contributed by atoms with Crippen LogP contribution >= 0.6 is 0 Å². The third-order valence-electron chi connectivity index (χ3n) is 4.27. The van der Waals surface area contributed by atoms with Crippen LogP contribution in [-0.2, 0) is 9.53 Å². The fourth-order valence-corrected chi connectivity index (χ4v) is 2.82. The Morgan fingerprint density at radius 2 is 1.78 bits per heavy atom. The maximum atomic E-state index is 12.2. The monoisotopic (exact) mass is 441 g/mol. The molecule has 0 aliphatic heterocycles. The number of amides is 1. The summed E-state index contributed by atoms with van der Waals surface area (Å²) in [6, 6.07) is 12.9. The van der Waals surface area contributed by atoms with Crippen LogP contribution in [0.1, 0.15) is 17.3 Å². The molecule has 1 N–H and O–H groups in total.